The number of allylic oxidation sites excluding steroid dienone is 5. The Hall–Kier alpha value is -1.87. The fourth-order valence-electron chi connectivity index (χ4n) is 1.19. The third-order valence-electron chi connectivity index (χ3n) is 2.19. The van der Waals surface area contributed by atoms with Gasteiger partial charge in [0, 0.05) is 6.08 Å². The third-order valence-corrected chi connectivity index (χ3v) is 2.19. The van der Waals surface area contributed by atoms with Gasteiger partial charge in [0.25, 0.3) is 0 Å². The second-order valence-electron chi connectivity index (χ2n) is 3.82. The molecule has 0 heterocycles. The van der Waals surface area contributed by atoms with Gasteiger partial charge in [-0.2, -0.15) is 0 Å². The van der Waals surface area contributed by atoms with Crippen molar-refractivity contribution < 1.29 is 14.6 Å². The minimum Gasteiger partial charge on any atom is -0.458 e. The van der Waals surface area contributed by atoms with E-state index in [0.717, 1.165) is 19.3 Å². The Bertz CT molecular complexity index is 351. The Morgan fingerprint density at radius 2 is 1.95 bits per heavy atom. The minimum atomic E-state index is -0.409. The number of hydrogen-bond acceptors (Lipinski definition) is 3. The van der Waals surface area contributed by atoms with Gasteiger partial charge in [0.15, 0.2) is 0 Å². The van der Waals surface area contributed by atoms with Gasteiger partial charge in [-0.3, -0.25) is 0 Å². The molecule has 0 aromatic heterocycles. The predicted octanol–water partition coefficient (Wildman–Crippen LogP) is 3.10. The van der Waals surface area contributed by atoms with E-state index in [1.165, 1.54) is 12.2 Å². The van der Waals surface area contributed by atoms with Crippen LogP contribution < -0.4 is 0 Å². The van der Waals surface area contributed by atoms with Crippen LogP contribution in [0.5, 0.6) is 0 Å². The number of carbonyl (C=O) groups excluding carboxylic acids is 1. The molecule has 0 fully saturated rings. The van der Waals surface area contributed by atoms with Crippen molar-refractivity contribution in [3.63, 3.8) is 0 Å². The summed E-state index contributed by atoms with van der Waals surface area (Å²) in [5, 5.41) is 9.23. The van der Waals surface area contributed by atoms with Crippen LogP contribution in [0.4, 0.5) is 0 Å². The van der Waals surface area contributed by atoms with Crippen molar-refractivity contribution in [2.45, 2.75) is 25.4 Å². The Morgan fingerprint density at radius 3 is 2.63 bits per heavy atom. The summed E-state index contributed by atoms with van der Waals surface area (Å²) in [6, 6.07) is 0. The fourth-order valence-corrected chi connectivity index (χ4v) is 1.19. The molecule has 3 nitrogen and oxygen atoms in total. The predicted molar refractivity (Wildman–Crippen MR) is 78.6 cm³/mol. The highest BCUT2D eigenvalue weighted by molar-refractivity contribution is 5.82. The molecule has 0 aromatic rings. The smallest absolute Gasteiger partial charge is 0.331 e. The lowest BCUT2D eigenvalue weighted by molar-refractivity contribution is -0.136. The van der Waals surface area contributed by atoms with Gasteiger partial charge in [0.1, 0.15) is 6.61 Å². The van der Waals surface area contributed by atoms with Crippen LogP contribution in [0.2, 0.25) is 0 Å². The summed E-state index contributed by atoms with van der Waals surface area (Å²) in [4.78, 5) is 11.0. The lowest BCUT2D eigenvalue weighted by Crippen LogP contribution is -1.99. The number of aliphatic hydroxyl groups excluding tert-OH is 1. The molecule has 0 rings (SSSR count). The first kappa shape index (κ1) is 17.1. The summed E-state index contributed by atoms with van der Waals surface area (Å²) in [5.41, 5.74) is 0. The average molecular weight is 262 g/mol. The molecule has 0 aromatic carbocycles. The topological polar surface area (TPSA) is 46.5 Å². The number of ether oxygens (including phenoxy) is 1. The van der Waals surface area contributed by atoms with Crippen molar-refractivity contribution >= 4 is 5.97 Å². The summed E-state index contributed by atoms with van der Waals surface area (Å²) in [6.07, 6.45) is 15.7. The first-order valence-corrected chi connectivity index (χ1v) is 6.29. The molecule has 3 heteroatoms. The molecule has 0 aliphatic carbocycles. The number of hydrogen-bond donors (Lipinski definition) is 1. The molecule has 0 radical (unpaired) electrons. The van der Waals surface area contributed by atoms with Crippen LogP contribution in [0.1, 0.15) is 19.3 Å². The number of aliphatic hydroxyl groups is 1. The van der Waals surface area contributed by atoms with Crippen molar-refractivity contribution in [1.82, 2.24) is 0 Å². The maximum absolute atomic E-state index is 11.0. The van der Waals surface area contributed by atoms with Gasteiger partial charge in [0.2, 0.25) is 0 Å². The van der Waals surface area contributed by atoms with Crippen LogP contribution >= 0.6 is 0 Å². The van der Waals surface area contributed by atoms with Crippen LogP contribution in [0.25, 0.3) is 0 Å². The number of esters is 1. The van der Waals surface area contributed by atoms with E-state index in [9.17, 15) is 9.90 Å². The van der Waals surface area contributed by atoms with Crippen molar-refractivity contribution in [3.05, 3.63) is 61.8 Å². The number of carbonyl (C=O) groups is 1. The number of rotatable bonds is 10. The fraction of sp³-hybridized carbons (Fsp3) is 0.312. The Morgan fingerprint density at radius 1 is 1.21 bits per heavy atom. The SMILES string of the molecule is C=CCOC(=O)\C=C/C=C/C=C/CCCC(O)C=C. The molecule has 19 heavy (non-hydrogen) atoms. The van der Waals surface area contributed by atoms with Crippen molar-refractivity contribution in [3.8, 4) is 0 Å². The zero-order chi connectivity index (χ0) is 14.3. The second kappa shape index (κ2) is 12.6. The normalized spacial score (nSPS) is 13.1. The van der Waals surface area contributed by atoms with Crippen LogP contribution in [0.3, 0.4) is 0 Å². The first-order valence-electron chi connectivity index (χ1n) is 6.29. The summed E-state index contributed by atoms with van der Waals surface area (Å²) >= 11 is 0. The summed E-state index contributed by atoms with van der Waals surface area (Å²) in [6.45, 7) is 7.19. The third kappa shape index (κ3) is 12.4. The van der Waals surface area contributed by atoms with Gasteiger partial charge < -0.3 is 9.84 Å². The highest BCUT2D eigenvalue weighted by Crippen LogP contribution is 2.02. The second-order valence-corrected chi connectivity index (χ2v) is 3.82. The summed E-state index contributed by atoms with van der Waals surface area (Å²) in [7, 11) is 0. The molecule has 0 saturated carbocycles. The van der Waals surface area contributed by atoms with E-state index in [1.807, 2.05) is 18.2 Å². The van der Waals surface area contributed by atoms with Crippen molar-refractivity contribution in [2.75, 3.05) is 6.61 Å². The molecule has 1 unspecified atom stereocenters. The van der Waals surface area contributed by atoms with Gasteiger partial charge in [-0.25, -0.2) is 4.79 Å². The number of unbranched alkanes of at least 4 members (excludes halogenated alkanes) is 1. The first-order chi connectivity index (χ1) is 9.20. The van der Waals surface area contributed by atoms with Crippen LogP contribution in [0, 0.1) is 0 Å². The highest BCUT2D eigenvalue weighted by Gasteiger charge is 1.94. The van der Waals surface area contributed by atoms with Crippen molar-refractivity contribution in [1.29, 1.82) is 0 Å². The molecule has 0 amide bonds. The molecule has 0 aliphatic rings. The zero-order valence-electron chi connectivity index (χ0n) is 11.2. The standard InChI is InChI=1S/C16H22O3/c1-3-14-19-16(18)13-11-9-7-5-6-8-10-12-15(17)4-2/h3-7,9,11,13,15,17H,1-2,8,10,12,14H2/b6-5+,9-7+,13-11-. The summed E-state index contributed by atoms with van der Waals surface area (Å²) in [5.74, 6) is -0.382. The van der Waals surface area contributed by atoms with Crippen molar-refractivity contribution in [2.24, 2.45) is 0 Å². The summed E-state index contributed by atoms with van der Waals surface area (Å²) < 4.78 is 4.76. The zero-order valence-corrected chi connectivity index (χ0v) is 11.2. The molecular weight excluding hydrogens is 240 g/mol. The Kier molecular flexibility index (Phi) is 11.3. The quantitative estimate of drug-likeness (QED) is 0.216. The molecule has 0 spiro atoms. The van der Waals surface area contributed by atoms with Crippen LogP contribution in [-0.2, 0) is 9.53 Å². The molecule has 0 aliphatic heterocycles. The average Bonchev–Trinajstić information content (AvgIpc) is 2.42. The van der Waals surface area contributed by atoms with E-state index in [-0.39, 0.29) is 12.6 Å². The molecular formula is C16H22O3. The van der Waals surface area contributed by atoms with Gasteiger partial charge in [-0.05, 0) is 19.3 Å². The van der Waals surface area contributed by atoms with E-state index in [4.69, 9.17) is 4.74 Å². The van der Waals surface area contributed by atoms with Gasteiger partial charge >= 0.3 is 5.97 Å². The highest BCUT2D eigenvalue weighted by atomic mass is 16.5. The molecule has 0 bridgehead atoms. The van der Waals surface area contributed by atoms with E-state index >= 15 is 0 Å². The monoisotopic (exact) mass is 262 g/mol. The lowest BCUT2D eigenvalue weighted by atomic mass is 10.1. The van der Waals surface area contributed by atoms with E-state index in [0.29, 0.717) is 0 Å². The Labute approximate surface area is 115 Å². The van der Waals surface area contributed by atoms with Gasteiger partial charge in [-0.15, -0.1) is 6.58 Å². The Balaban J connectivity index is 3.66. The molecule has 0 saturated heterocycles. The molecule has 1 atom stereocenters. The van der Waals surface area contributed by atoms with Gasteiger partial charge in [-0.1, -0.05) is 49.1 Å². The van der Waals surface area contributed by atoms with E-state index < -0.39 is 6.10 Å². The van der Waals surface area contributed by atoms with Gasteiger partial charge in [0.05, 0.1) is 6.10 Å². The largest absolute Gasteiger partial charge is 0.458 e. The maximum Gasteiger partial charge on any atom is 0.331 e. The van der Waals surface area contributed by atoms with Crippen LogP contribution in [-0.4, -0.2) is 23.8 Å². The maximum atomic E-state index is 11.0. The van der Waals surface area contributed by atoms with E-state index in [2.05, 4.69) is 13.2 Å². The lowest BCUT2D eigenvalue weighted by Gasteiger charge is -2.01. The molecule has 104 valence electrons. The molecule has 1 N–H and O–H groups in total. The van der Waals surface area contributed by atoms with Crippen LogP contribution in [0.15, 0.2) is 61.8 Å². The van der Waals surface area contributed by atoms with E-state index in [1.54, 1.807) is 18.2 Å². The minimum absolute atomic E-state index is 0.226.